The predicted octanol–water partition coefficient (Wildman–Crippen LogP) is 2.54. The van der Waals surface area contributed by atoms with Crippen molar-refractivity contribution in [2.45, 2.75) is 58.4 Å². The molecule has 0 radical (unpaired) electrons. The van der Waals surface area contributed by atoms with E-state index in [-0.39, 0.29) is 0 Å². The van der Waals surface area contributed by atoms with Crippen LogP contribution in [0, 0.1) is 11.3 Å². The summed E-state index contributed by atoms with van der Waals surface area (Å²) < 4.78 is 0. The molecule has 16 heavy (non-hydrogen) atoms. The maximum absolute atomic E-state index is 3.85. The zero-order valence-corrected chi connectivity index (χ0v) is 11.0. The first-order valence-electron chi connectivity index (χ1n) is 7.12. The summed E-state index contributed by atoms with van der Waals surface area (Å²) in [4.78, 5) is 0. The van der Waals surface area contributed by atoms with Gasteiger partial charge in [-0.15, -0.1) is 0 Å². The molecule has 1 heterocycles. The molecule has 0 aromatic heterocycles. The van der Waals surface area contributed by atoms with Gasteiger partial charge in [0.05, 0.1) is 0 Å². The fraction of sp³-hybridized carbons (Fsp3) is 1.00. The topological polar surface area (TPSA) is 24.1 Å². The lowest BCUT2D eigenvalue weighted by atomic mass is 9.73. The molecule has 2 N–H and O–H groups in total. The van der Waals surface area contributed by atoms with Crippen LogP contribution in [0.4, 0.5) is 0 Å². The Hall–Kier alpha value is -0.0800. The normalized spacial score (nSPS) is 31.5. The standard InChI is InChI=1S/C14H28N2/c1-14(2)8-4-3-5-13(14)16-11-12-6-9-15-10-7-12/h12-13,15-16H,3-11H2,1-2H3. The van der Waals surface area contributed by atoms with E-state index >= 15 is 0 Å². The maximum atomic E-state index is 3.85. The number of nitrogens with one attached hydrogen (secondary N) is 2. The van der Waals surface area contributed by atoms with Crippen LogP contribution in [0.25, 0.3) is 0 Å². The van der Waals surface area contributed by atoms with E-state index in [1.165, 1.54) is 58.2 Å². The molecule has 0 aromatic carbocycles. The van der Waals surface area contributed by atoms with Gasteiger partial charge in [-0.25, -0.2) is 0 Å². The highest BCUT2D eigenvalue weighted by molar-refractivity contribution is 4.88. The Balaban J connectivity index is 1.75. The average molecular weight is 224 g/mol. The molecule has 0 bridgehead atoms. The summed E-state index contributed by atoms with van der Waals surface area (Å²) in [6.07, 6.45) is 8.36. The predicted molar refractivity (Wildman–Crippen MR) is 69.6 cm³/mol. The van der Waals surface area contributed by atoms with Crippen molar-refractivity contribution in [3.8, 4) is 0 Å². The Kier molecular flexibility index (Phi) is 4.26. The van der Waals surface area contributed by atoms with Crippen LogP contribution in [-0.2, 0) is 0 Å². The first-order valence-corrected chi connectivity index (χ1v) is 7.12. The van der Waals surface area contributed by atoms with Crippen molar-refractivity contribution in [2.24, 2.45) is 11.3 Å². The fourth-order valence-electron chi connectivity index (χ4n) is 3.27. The van der Waals surface area contributed by atoms with E-state index in [0.29, 0.717) is 5.41 Å². The van der Waals surface area contributed by atoms with E-state index in [9.17, 15) is 0 Å². The highest BCUT2D eigenvalue weighted by Crippen LogP contribution is 2.35. The zero-order valence-electron chi connectivity index (χ0n) is 11.0. The second kappa shape index (κ2) is 5.50. The van der Waals surface area contributed by atoms with Gasteiger partial charge < -0.3 is 10.6 Å². The summed E-state index contributed by atoms with van der Waals surface area (Å²) >= 11 is 0. The fourth-order valence-corrected chi connectivity index (χ4v) is 3.27. The molecular weight excluding hydrogens is 196 g/mol. The number of piperidine rings is 1. The molecule has 1 unspecified atom stereocenters. The second-order valence-electron chi connectivity index (χ2n) is 6.39. The largest absolute Gasteiger partial charge is 0.317 e. The van der Waals surface area contributed by atoms with Gasteiger partial charge in [-0.05, 0) is 56.7 Å². The summed E-state index contributed by atoms with van der Waals surface area (Å²) in [5.74, 6) is 0.916. The van der Waals surface area contributed by atoms with Crippen LogP contribution in [0.3, 0.4) is 0 Å². The SMILES string of the molecule is CC1(C)CCCCC1NCC1CCNCC1. The molecule has 0 amide bonds. The molecule has 0 spiro atoms. The summed E-state index contributed by atoms with van der Waals surface area (Å²) in [5, 5.41) is 7.29. The lowest BCUT2D eigenvalue weighted by Crippen LogP contribution is -2.46. The first kappa shape index (κ1) is 12.4. The maximum Gasteiger partial charge on any atom is 0.0118 e. The molecule has 1 saturated carbocycles. The van der Waals surface area contributed by atoms with E-state index in [4.69, 9.17) is 0 Å². The molecular formula is C14H28N2. The molecule has 1 aliphatic heterocycles. The Morgan fingerprint density at radius 1 is 1.12 bits per heavy atom. The Morgan fingerprint density at radius 2 is 1.88 bits per heavy atom. The van der Waals surface area contributed by atoms with Crippen LogP contribution in [-0.4, -0.2) is 25.7 Å². The van der Waals surface area contributed by atoms with Crippen molar-refractivity contribution < 1.29 is 0 Å². The molecule has 1 saturated heterocycles. The quantitative estimate of drug-likeness (QED) is 0.770. The van der Waals surface area contributed by atoms with E-state index in [0.717, 1.165) is 12.0 Å². The third kappa shape index (κ3) is 3.21. The molecule has 2 nitrogen and oxygen atoms in total. The van der Waals surface area contributed by atoms with Crippen LogP contribution >= 0.6 is 0 Å². The van der Waals surface area contributed by atoms with Crippen molar-refractivity contribution in [3.63, 3.8) is 0 Å². The summed E-state index contributed by atoms with van der Waals surface area (Å²) in [5.41, 5.74) is 0.519. The Bertz CT molecular complexity index is 207. The number of rotatable bonds is 3. The average Bonchev–Trinajstić information content (AvgIpc) is 2.28. The van der Waals surface area contributed by atoms with Crippen molar-refractivity contribution in [2.75, 3.05) is 19.6 Å². The summed E-state index contributed by atoms with van der Waals surface area (Å²) in [7, 11) is 0. The van der Waals surface area contributed by atoms with Gasteiger partial charge in [-0.2, -0.15) is 0 Å². The van der Waals surface area contributed by atoms with Gasteiger partial charge in [0.25, 0.3) is 0 Å². The number of hydrogen-bond donors (Lipinski definition) is 2. The van der Waals surface area contributed by atoms with Crippen LogP contribution in [0.15, 0.2) is 0 Å². The minimum atomic E-state index is 0.519. The lowest BCUT2D eigenvalue weighted by Gasteiger charge is -2.40. The van der Waals surface area contributed by atoms with Crippen LogP contribution in [0.2, 0.25) is 0 Å². The Labute approximate surface area is 101 Å². The molecule has 1 aliphatic carbocycles. The highest BCUT2D eigenvalue weighted by Gasteiger charge is 2.32. The smallest absolute Gasteiger partial charge is 0.0118 e. The minimum Gasteiger partial charge on any atom is -0.317 e. The summed E-state index contributed by atoms with van der Waals surface area (Å²) in [6, 6.07) is 0.760. The van der Waals surface area contributed by atoms with Gasteiger partial charge in [-0.3, -0.25) is 0 Å². The van der Waals surface area contributed by atoms with Gasteiger partial charge >= 0.3 is 0 Å². The molecule has 2 rings (SSSR count). The molecule has 2 aliphatic rings. The van der Waals surface area contributed by atoms with Crippen molar-refractivity contribution in [1.82, 2.24) is 10.6 Å². The van der Waals surface area contributed by atoms with Crippen LogP contribution in [0.5, 0.6) is 0 Å². The van der Waals surface area contributed by atoms with Crippen LogP contribution < -0.4 is 10.6 Å². The van der Waals surface area contributed by atoms with E-state index in [1.807, 2.05) is 0 Å². The third-order valence-electron chi connectivity index (χ3n) is 4.62. The van der Waals surface area contributed by atoms with Crippen LogP contribution in [0.1, 0.15) is 52.4 Å². The number of hydrogen-bond acceptors (Lipinski definition) is 2. The molecule has 0 aromatic rings. The third-order valence-corrected chi connectivity index (χ3v) is 4.62. The molecule has 1 atom stereocenters. The lowest BCUT2D eigenvalue weighted by molar-refractivity contribution is 0.159. The van der Waals surface area contributed by atoms with E-state index < -0.39 is 0 Å². The molecule has 94 valence electrons. The van der Waals surface area contributed by atoms with Gasteiger partial charge in [0.1, 0.15) is 0 Å². The highest BCUT2D eigenvalue weighted by atomic mass is 14.9. The van der Waals surface area contributed by atoms with Gasteiger partial charge in [0, 0.05) is 6.04 Å². The van der Waals surface area contributed by atoms with Crippen molar-refractivity contribution in [3.05, 3.63) is 0 Å². The molecule has 2 heteroatoms. The monoisotopic (exact) mass is 224 g/mol. The van der Waals surface area contributed by atoms with E-state index in [2.05, 4.69) is 24.5 Å². The second-order valence-corrected chi connectivity index (χ2v) is 6.39. The Morgan fingerprint density at radius 3 is 2.56 bits per heavy atom. The van der Waals surface area contributed by atoms with Crippen molar-refractivity contribution in [1.29, 1.82) is 0 Å². The zero-order chi connectivity index (χ0) is 11.4. The van der Waals surface area contributed by atoms with Gasteiger partial charge in [0.2, 0.25) is 0 Å². The van der Waals surface area contributed by atoms with Gasteiger partial charge in [-0.1, -0.05) is 26.7 Å². The van der Waals surface area contributed by atoms with E-state index in [1.54, 1.807) is 0 Å². The summed E-state index contributed by atoms with van der Waals surface area (Å²) in [6.45, 7) is 8.56. The van der Waals surface area contributed by atoms with Crippen molar-refractivity contribution >= 4 is 0 Å². The molecule has 2 fully saturated rings. The first-order chi connectivity index (χ1) is 7.68. The van der Waals surface area contributed by atoms with Gasteiger partial charge in [0.15, 0.2) is 0 Å². The minimum absolute atomic E-state index is 0.519.